The summed E-state index contributed by atoms with van der Waals surface area (Å²) in [7, 11) is 1.54. The van der Waals surface area contributed by atoms with Gasteiger partial charge in [0.2, 0.25) is 5.91 Å². The van der Waals surface area contributed by atoms with Crippen LogP contribution in [0.4, 0.5) is 5.69 Å². The Morgan fingerprint density at radius 1 is 1.28 bits per heavy atom. The van der Waals surface area contributed by atoms with Gasteiger partial charge in [0.1, 0.15) is 12.3 Å². The highest BCUT2D eigenvalue weighted by Gasteiger charge is 2.30. The number of carboxylic acids is 1. The smallest absolute Gasteiger partial charge is 0.323 e. The number of anilines is 1. The number of aromatic nitrogens is 1. The molecule has 7 heteroatoms. The lowest BCUT2D eigenvalue weighted by atomic mass is 9.85. The summed E-state index contributed by atoms with van der Waals surface area (Å²) in [5.74, 6) is -0.625. The van der Waals surface area contributed by atoms with Gasteiger partial charge >= 0.3 is 5.97 Å². The number of fused-ring (bicyclic) bond motifs is 3. The zero-order chi connectivity index (χ0) is 20.5. The molecule has 4 rings (SSSR count). The van der Waals surface area contributed by atoms with Gasteiger partial charge in [0.25, 0.3) is 0 Å². The molecular weight excluding hydrogens is 392 g/mol. The van der Waals surface area contributed by atoms with E-state index >= 15 is 0 Å². The first-order chi connectivity index (χ1) is 14.0. The quantitative estimate of drug-likeness (QED) is 0.660. The van der Waals surface area contributed by atoms with Crippen molar-refractivity contribution in [2.75, 3.05) is 12.4 Å². The Hall–Kier alpha value is -2.99. The maximum Gasteiger partial charge on any atom is 0.323 e. The molecule has 1 atom stereocenters. The highest BCUT2D eigenvalue weighted by atomic mass is 35.5. The number of carbonyl (C=O) groups excluding carboxylic acids is 1. The summed E-state index contributed by atoms with van der Waals surface area (Å²) >= 11 is 6.06. The molecular formula is C22H21ClN2O4. The van der Waals surface area contributed by atoms with Gasteiger partial charge in [-0.3, -0.25) is 9.59 Å². The van der Waals surface area contributed by atoms with Crippen LogP contribution in [0, 0.1) is 5.92 Å². The summed E-state index contributed by atoms with van der Waals surface area (Å²) < 4.78 is 7.17. The molecule has 150 valence electrons. The maximum absolute atomic E-state index is 13.0. The SMILES string of the molecule is COc1ccc(Cl)cc1NC(=O)C1CCc2c(c3ccccc3n2CC(=O)O)C1. The lowest BCUT2D eigenvalue weighted by Crippen LogP contribution is -2.29. The van der Waals surface area contributed by atoms with E-state index in [0.717, 1.165) is 22.2 Å². The minimum Gasteiger partial charge on any atom is -0.495 e. The number of carbonyl (C=O) groups is 2. The number of hydrogen-bond donors (Lipinski definition) is 2. The molecule has 1 aliphatic carbocycles. The number of halogens is 1. The summed E-state index contributed by atoms with van der Waals surface area (Å²) in [4.78, 5) is 24.3. The average Bonchev–Trinajstić information content (AvgIpc) is 3.01. The van der Waals surface area contributed by atoms with Crippen molar-refractivity contribution in [3.63, 3.8) is 0 Å². The van der Waals surface area contributed by atoms with E-state index in [2.05, 4.69) is 5.32 Å². The van der Waals surface area contributed by atoms with E-state index in [0.29, 0.717) is 35.7 Å². The number of carboxylic acid groups (broad SMARTS) is 1. The van der Waals surface area contributed by atoms with Crippen LogP contribution in [0.1, 0.15) is 17.7 Å². The summed E-state index contributed by atoms with van der Waals surface area (Å²) in [6.07, 6.45) is 1.87. The van der Waals surface area contributed by atoms with E-state index in [-0.39, 0.29) is 18.4 Å². The molecule has 1 heterocycles. The first kappa shape index (κ1) is 19.3. The predicted molar refractivity (Wildman–Crippen MR) is 112 cm³/mol. The van der Waals surface area contributed by atoms with Crippen LogP contribution in [-0.4, -0.2) is 28.7 Å². The molecule has 6 nitrogen and oxygen atoms in total. The molecule has 0 bridgehead atoms. The number of ether oxygens (including phenoxy) is 1. The fourth-order valence-corrected chi connectivity index (χ4v) is 4.33. The number of benzene rings is 2. The number of rotatable bonds is 5. The fourth-order valence-electron chi connectivity index (χ4n) is 4.15. The second-order valence-electron chi connectivity index (χ2n) is 7.20. The van der Waals surface area contributed by atoms with Gasteiger partial charge in [-0.1, -0.05) is 29.8 Å². The van der Waals surface area contributed by atoms with Gasteiger partial charge in [-0.15, -0.1) is 0 Å². The van der Waals surface area contributed by atoms with Gasteiger partial charge in [-0.2, -0.15) is 0 Å². The molecule has 1 amide bonds. The summed E-state index contributed by atoms with van der Waals surface area (Å²) in [6.45, 7) is -0.0770. The van der Waals surface area contributed by atoms with Crippen molar-refractivity contribution < 1.29 is 19.4 Å². The Labute approximate surface area is 173 Å². The van der Waals surface area contributed by atoms with Crippen LogP contribution < -0.4 is 10.1 Å². The Bertz CT molecular complexity index is 1110. The molecule has 1 aromatic heterocycles. The second-order valence-corrected chi connectivity index (χ2v) is 7.63. The Morgan fingerprint density at radius 3 is 2.83 bits per heavy atom. The molecule has 2 N–H and O–H groups in total. The van der Waals surface area contributed by atoms with Gasteiger partial charge < -0.3 is 19.7 Å². The average molecular weight is 413 g/mol. The predicted octanol–water partition coefficient (Wildman–Crippen LogP) is 4.13. The normalized spacial score (nSPS) is 15.7. The van der Waals surface area contributed by atoms with Crippen LogP contribution in [0.3, 0.4) is 0 Å². The van der Waals surface area contributed by atoms with Crippen molar-refractivity contribution in [2.45, 2.75) is 25.8 Å². The summed E-state index contributed by atoms with van der Waals surface area (Å²) in [5, 5.41) is 13.8. The number of nitrogens with one attached hydrogen (secondary N) is 1. The fraction of sp³-hybridized carbons (Fsp3) is 0.273. The second kappa shape index (κ2) is 7.79. The Morgan fingerprint density at radius 2 is 2.07 bits per heavy atom. The number of aliphatic carboxylic acids is 1. The molecule has 1 aliphatic rings. The molecule has 0 aliphatic heterocycles. The highest BCUT2D eigenvalue weighted by Crippen LogP contribution is 2.35. The van der Waals surface area contributed by atoms with Crippen molar-refractivity contribution in [3.8, 4) is 5.75 Å². The topological polar surface area (TPSA) is 80.6 Å². The molecule has 2 aromatic carbocycles. The zero-order valence-electron chi connectivity index (χ0n) is 15.9. The number of nitrogens with zero attached hydrogens (tertiary/aromatic N) is 1. The molecule has 0 spiro atoms. The van der Waals surface area contributed by atoms with Gasteiger partial charge in [0.15, 0.2) is 0 Å². The molecule has 0 fully saturated rings. The summed E-state index contributed by atoms with van der Waals surface area (Å²) in [5.41, 5.74) is 3.52. The van der Waals surface area contributed by atoms with Gasteiger partial charge in [0, 0.05) is 27.5 Å². The molecule has 0 radical (unpaired) electrons. The van der Waals surface area contributed by atoms with Gasteiger partial charge in [-0.05, 0) is 49.1 Å². The van der Waals surface area contributed by atoms with Crippen molar-refractivity contribution in [1.82, 2.24) is 4.57 Å². The van der Waals surface area contributed by atoms with Crippen LogP contribution in [-0.2, 0) is 29.0 Å². The third kappa shape index (κ3) is 3.68. The first-order valence-corrected chi connectivity index (χ1v) is 9.81. The molecule has 0 saturated heterocycles. The van der Waals surface area contributed by atoms with Gasteiger partial charge in [-0.25, -0.2) is 0 Å². The monoisotopic (exact) mass is 412 g/mol. The van der Waals surface area contributed by atoms with Crippen LogP contribution >= 0.6 is 11.6 Å². The van der Waals surface area contributed by atoms with Crippen LogP contribution in [0.25, 0.3) is 10.9 Å². The van der Waals surface area contributed by atoms with E-state index < -0.39 is 5.97 Å². The zero-order valence-corrected chi connectivity index (χ0v) is 16.7. The van der Waals surface area contributed by atoms with E-state index in [1.807, 2.05) is 28.8 Å². The number of para-hydroxylation sites is 1. The lowest BCUT2D eigenvalue weighted by molar-refractivity contribution is -0.137. The van der Waals surface area contributed by atoms with E-state index in [4.69, 9.17) is 16.3 Å². The first-order valence-electron chi connectivity index (χ1n) is 9.43. The van der Waals surface area contributed by atoms with Crippen LogP contribution in [0.2, 0.25) is 5.02 Å². The maximum atomic E-state index is 13.0. The molecule has 1 unspecified atom stereocenters. The molecule has 3 aromatic rings. The summed E-state index contributed by atoms with van der Waals surface area (Å²) in [6, 6.07) is 12.9. The van der Waals surface area contributed by atoms with Gasteiger partial charge in [0.05, 0.1) is 12.8 Å². The van der Waals surface area contributed by atoms with Crippen LogP contribution in [0.15, 0.2) is 42.5 Å². The Balaban J connectivity index is 1.63. The van der Waals surface area contributed by atoms with Crippen molar-refractivity contribution in [3.05, 3.63) is 58.7 Å². The minimum absolute atomic E-state index is 0.0770. The molecule has 0 saturated carbocycles. The third-order valence-electron chi connectivity index (χ3n) is 5.46. The van der Waals surface area contributed by atoms with Crippen molar-refractivity contribution in [2.24, 2.45) is 5.92 Å². The Kier molecular flexibility index (Phi) is 5.20. The molecule has 29 heavy (non-hydrogen) atoms. The van der Waals surface area contributed by atoms with E-state index in [1.54, 1.807) is 25.3 Å². The van der Waals surface area contributed by atoms with E-state index in [9.17, 15) is 14.7 Å². The largest absolute Gasteiger partial charge is 0.495 e. The standard InChI is InChI=1S/C22H21ClN2O4/c1-29-20-9-7-14(23)11-17(20)24-22(28)13-6-8-19-16(10-13)15-4-2-3-5-18(15)25(19)12-21(26)27/h2-5,7,9,11,13H,6,8,10,12H2,1H3,(H,24,28)(H,26,27). The minimum atomic E-state index is -0.874. The highest BCUT2D eigenvalue weighted by molar-refractivity contribution is 6.31. The van der Waals surface area contributed by atoms with E-state index in [1.165, 1.54) is 0 Å². The van der Waals surface area contributed by atoms with Crippen LogP contribution in [0.5, 0.6) is 5.75 Å². The van der Waals surface area contributed by atoms with Crippen molar-refractivity contribution >= 4 is 40.1 Å². The number of methoxy groups -OCH3 is 1. The lowest BCUT2D eigenvalue weighted by Gasteiger charge is -2.23. The number of amides is 1. The number of hydrogen-bond acceptors (Lipinski definition) is 3. The van der Waals surface area contributed by atoms with Crippen molar-refractivity contribution in [1.29, 1.82) is 0 Å². The third-order valence-corrected chi connectivity index (χ3v) is 5.69.